The Hall–Kier alpha value is -2.10. The van der Waals surface area contributed by atoms with Crippen LogP contribution in [0, 0.1) is 5.92 Å². The molecule has 4 heteroatoms. The molecule has 0 spiro atoms. The fourth-order valence-corrected chi connectivity index (χ4v) is 2.83. The quantitative estimate of drug-likeness (QED) is 0.710. The summed E-state index contributed by atoms with van der Waals surface area (Å²) in [5, 5.41) is 3.53. The van der Waals surface area contributed by atoms with Crippen molar-refractivity contribution in [3.8, 4) is 5.75 Å². The Kier molecular flexibility index (Phi) is 2.03. The molecule has 0 saturated heterocycles. The number of fused-ring (bicyclic) bond motifs is 4. The number of aromatic nitrogens is 2. The van der Waals surface area contributed by atoms with Gasteiger partial charge < -0.3 is 4.74 Å². The average Bonchev–Trinajstić information content (AvgIpc) is 2.45. The topological polar surface area (TPSA) is 38.0 Å². The first-order valence-corrected chi connectivity index (χ1v) is 6.24. The van der Waals surface area contributed by atoms with Gasteiger partial charge in [-0.05, 0) is 6.07 Å². The molecule has 0 bridgehead atoms. The summed E-state index contributed by atoms with van der Waals surface area (Å²) in [5.74, 6) is 2.40. The molecule has 1 aromatic carbocycles. The van der Waals surface area contributed by atoms with Gasteiger partial charge in [0.05, 0.1) is 25.3 Å². The van der Waals surface area contributed by atoms with E-state index in [-0.39, 0.29) is 0 Å². The highest BCUT2D eigenvalue weighted by atomic mass is 16.5. The molecule has 2 unspecified atom stereocenters. The largest absolute Gasteiger partial charge is 0.493 e. The van der Waals surface area contributed by atoms with Crippen LogP contribution in [0.1, 0.15) is 11.6 Å². The van der Waals surface area contributed by atoms with Crippen molar-refractivity contribution in [2.45, 2.75) is 12.6 Å². The van der Waals surface area contributed by atoms with E-state index < -0.39 is 0 Å². The molecule has 90 valence electrons. The van der Waals surface area contributed by atoms with E-state index in [0.29, 0.717) is 12.0 Å². The van der Waals surface area contributed by atoms with Crippen molar-refractivity contribution in [3.63, 3.8) is 0 Å². The first kappa shape index (κ1) is 9.88. The number of nitrogens with zero attached hydrogens (tertiary/aromatic N) is 2. The van der Waals surface area contributed by atoms with Crippen molar-refractivity contribution >= 4 is 5.95 Å². The van der Waals surface area contributed by atoms with Crippen molar-refractivity contribution in [1.29, 1.82) is 0 Å². The van der Waals surface area contributed by atoms with Crippen LogP contribution in [-0.2, 0) is 6.54 Å². The van der Waals surface area contributed by atoms with E-state index in [1.165, 1.54) is 5.56 Å². The standard InChI is InChI=1S/C14H13N3O/c1-2-5-12-11(4-1)13-10(9-18-12)8-17-7-3-6-15-14(17)16-13/h1-7,10,13H,8-9H2/p+1. The molecule has 0 aliphatic carbocycles. The minimum Gasteiger partial charge on any atom is -0.493 e. The molecule has 2 aliphatic heterocycles. The third kappa shape index (κ3) is 1.38. The number of hydrogen-bond acceptors (Lipinski definition) is 3. The van der Waals surface area contributed by atoms with E-state index in [2.05, 4.69) is 33.2 Å². The molecule has 2 atom stereocenters. The van der Waals surface area contributed by atoms with E-state index in [1.54, 1.807) is 0 Å². The second-order valence-corrected chi connectivity index (χ2v) is 4.83. The van der Waals surface area contributed by atoms with Crippen molar-refractivity contribution in [2.75, 3.05) is 11.9 Å². The lowest BCUT2D eigenvalue weighted by Gasteiger charge is -2.34. The van der Waals surface area contributed by atoms with Crippen LogP contribution in [0.2, 0.25) is 0 Å². The van der Waals surface area contributed by atoms with Crippen LogP contribution in [0.3, 0.4) is 0 Å². The van der Waals surface area contributed by atoms with Gasteiger partial charge in [-0.1, -0.05) is 23.2 Å². The van der Waals surface area contributed by atoms with Crippen LogP contribution in [0.5, 0.6) is 5.75 Å². The first-order valence-electron chi connectivity index (χ1n) is 6.24. The fraction of sp³-hybridized carbons (Fsp3) is 0.286. The lowest BCUT2D eigenvalue weighted by Crippen LogP contribution is -2.51. The molecule has 0 radical (unpaired) electrons. The molecule has 1 aromatic heterocycles. The molecular weight excluding hydrogens is 226 g/mol. The Bertz CT molecular complexity index is 599. The number of nitrogens with one attached hydrogen (secondary N) is 1. The molecule has 2 aromatic rings. The van der Waals surface area contributed by atoms with Crippen molar-refractivity contribution < 1.29 is 9.30 Å². The lowest BCUT2D eigenvalue weighted by molar-refractivity contribution is -0.697. The van der Waals surface area contributed by atoms with Gasteiger partial charge in [0, 0.05) is 11.6 Å². The van der Waals surface area contributed by atoms with Gasteiger partial charge in [-0.3, -0.25) is 5.32 Å². The Labute approximate surface area is 105 Å². The highest BCUT2D eigenvalue weighted by Gasteiger charge is 2.39. The lowest BCUT2D eigenvalue weighted by atomic mass is 9.89. The summed E-state index contributed by atoms with van der Waals surface area (Å²) in [6.45, 7) is 1.71. The third-order valence-electron chi connectivity index (χ3n) is 3.72. The predicted molar refractivity (Wildman–Crippen MR) is 66.2 cm³/mol. The predicted octanol–water partition coefficient (Wildman–Crippen LogP) is 1.54. The highest BCUT2D eigenvalue weighted by Crippen LogP contribution is 2.38. The zero-order valence-corrected chi connectivity index (χ0v) is 9.91. The summed E-state index contributed by atoms with van der Waals surface area (Å²) in [5.41, 5.74) is 1.24. The second-order valence-electron chi connectivity index (χ2n) is 4.83. The number of para-hydroxylation sites is 1. The van der Waals surface area contributed by atoms with Crippen LogP contribution >= 0.6 is 0 Å². The molecule has 4 rings (SSSR count). The maximum atomic E-state index is 5.83. The zero-order valence-electron chi connectivity index (χ0n) is 9.91. The van der Waals surface area contributed by atoms with E-state index in [9.17, 15) is 0 Å². The molecular formula is C14H14N3O+. The molecule has 3 heterocycles. The van der Waals surface area contributed by atoms with Gasteiger partial charge in [0.1, 0.15) is 18.0 Å². The Morgan fingerprint density at radius 3 is 3.22 bits per heavy atom. The normalized spacial score (nSPS) is 24.0. The van der Waals surface area contributed by atoms with Gasteiger partial charge in [-0.15, -0.1) is 0 Å². The summed E-state index contributed by atoms with van der Waals surface area (Å²) >= 11 is 0. The maximum Gasteiger partial charge on any atom is 0.392 e. The highest BCUT2D eigenvalue weighted by molar-refractivity contribution is 5.42. The molecule has 0 amide bonds. The van der Waals surface area contributed by atoms with E-state index in [4.69, 9.17) is 4.74 Å². The second kappa shape index (κ2) is 3.70. The monoisotopic (exact) mass is 240 g/mol. The van der Waals surface area contributed by atoms with Gasteiger partial charge in [0.25, 0.3) is 0 Å². The van der Waals surface area contributed by atoms with Gasteiger partial charge in [0.15, 0.2) is 0 Å². The van der Waals surface area contributed by atoms with Crippen LogP contribution in [0.15, 0.2) is 42.7 Å². The summed E-state index contributed by atoms with van der Waals surface area (Å²) in [7, 11) is 0. The zero-order chi connectivity index (χ0) is 11.9. The first-order chi connectivity index (χ1) is 8.92. The summed E-state index contributed by atoms with van der Waals surface area (Å²) in [6, 6.07) is 10.5. The van der Waals surface area contributed by atoms with Crippen LogP contribution in [-0.4, -0.2) is 11.6 Å². The van der Waals surface area contributed by atoms with Crippen molar-refractivity contribution in [2.24, 2.45) is 5.92 Å². The Morgan fingerprint density at radius 1 is 1.28 bits per heavy atom. The van der Waals surface area contributed by atoms with Gasteiger partial charge >= 0.3 is 5.95 Å². The molecule has 0 saturated carbocycles. The average molecular weight is 240 g/mol. The van der Waals surface area contributed by atoms with E-state index >= 15 is 0 Å². The van der Waals surface area contributed by atoms with Gasteiger partial charge in [-0.25, -0.2) is 4.57 Å². The van der Waals surface area contributed by atoms with E-state index in [1.807, 2.05) is 24.4 Å². The summed E-state index contributed by atoms with van der Waals surface area (Å²) < 4.78 is 7.99. The third-order valence-corrected chi connectivity index (χ3v) is 3.72. The maximum absolute atomic E-state index is 5.83. The van der Waals surface area contributed by atoms with Crippen LogP contribution < -0.4 is 14.6 Å². The number of ether oxygens (including phenoxy) is 1. The van der Waals surface area contributed by atoms with Crippen molar-refractivity contribution in [3.05, 3.63) is 48.3 Å². The van der Waals surface area contributed by atoms with Crippen LogP contribution in [0.4, 0.5) is 5.95 Å². The summed E-state index contributed by atoms with van der Waals surface area (Å²) in [6.07, 6.45) is 3.89. The minimum atomic E-state index is 0.310. The molecule has 18 heavy (non-hydrogen) atoms. The number of benzene rings is 1. The molecule has 1 N–H and O–H groups in total. The van der Waals surface area contributed by atoms with Gasteiger partial charge in [0.2, 0.25) is 0 Å². The number of hydrogen-bond donors (Lipinski definition) is 1. The van der Waals surface area contributed by atoms with Crippen LogP contribution in [0.25, 0.3) is 0 Å². The minimum absolute atomic E-state index is 0.310. The molecule has 0 fully saturated rings. The number of rotatable bonds is 0. The summed E-state index contributed by atoms with van der Waals surface area (Å²) in [4.78, 5) is 4.39. The molecule has 4 nitrogen and oxygen atoms in total. The SMILES string of the molecule is c1ccc2c(c1)OCC1C[n+]3cccnc3NC21. The number of anilines is 1. The Morgan fingerprint density at radius 2 is 2.22 bits per heavy atom. The van der Waals surface area contributed by atoms with Gasteiger partial charge in [-0.2, -0.15) is 0 Å². The Balaban J connectivity index is 1.79. The van der Waals surface area contributed by atoms with E-state index in [0.717, 1.165) is 24.8 Å². The fourth-order valence-electron chi connectivity index (χ4n) is 2.83. The molecule has 2 aliphatic rings. The smallest absolute Gasteiger partial charge is 0.392 e. The van der Waals surface area contributed by atoms with Crippen molar-refractivity contribution in [1.82, 2.24) is 4.98 Å².